The minimum atomic E-state index is -3.04. The molecule has 6 nitrogen and oxygen atoms in total. The van der Waals surface area contributed by atoms with E-state index in [1.807, 2.05) is 0 Å². The maximum absolute atomic E-state index is 12.8. The summed E-state index contributed by atoms with van der Waals surface area (Å²) >= 11 is 1.07. The Morgan fingerprint density at radius 2 is 1.96 bits per heavy atom. The van der Waals surface area contributed by atoms with Gasteiger partial charge in [-0.15, -0.1) is 0 Å². The molecular weight excluding hydrogens is 336 g/mol. The first kappa shape index (κ1) is 16.7. The summed E-state index contributed by atoms with van der Waals surface area (Å²) in [6.45, 7) is 0.00931. The standard InChI is InChI=1S/C15H22N2O4S2/c18-14(10-16-7-8-22-15(16)19)17(12-4-2-1-3-5-12)13-6-9-23(20,21)11-13/h7-8,12-13H,1-6,9-11H2. The minimum absolute atomic E-state index is 0.00931. The minimum Gasteiger partial charge on any atom is -0.334 e. The summed E-state index contributed by atoms with van der Waals surface area (Å²) < 4.78 is 25.1. The van der Waals surface area contributed by atoms with Crippen molar-refractivity contribution in [3.05, 3.63) is 21.2 Å². The first-order chi connectivity index (χ1) is 11.0. The van der Waals surface area contributed by atoms with Gasteiger partial charge in [0.1, 0.15) is 6.54 Å². The molecule has 1 atom stereocenters. The fourth-order valence-electron chi connectivity index (χ4n) is 3.69. The van der Waals surface area contributed by atoms with E-state index in [1.165, 1.54) is 11.0 Å². The summed E-state index contributed by atoms with van der Waals surface area (Å²) in [4.78, 5) is 26.2. The number of hydrogen-bond donors (Lipinski definition) is 0. The molecule has 0 radical (unpaired) electrons. The lowest BCUT2D eigenvalue weighted by Crippen LogP contribution is -2.50. The highest BCUT2D eigenvalue weighted by atomic mass is 32.2. The van der Waals surface area contributed by atoms with Crippen molar-refractivity contribution in [2.75, 3.05) is 11.5 Å². The predicted molar refractivity (Wildman–Crippen MR) is 89.4 cm³/mol. The van der Waals surface area contributed by atoms with Crippen LogP contribution < -0.4 is 4.87 Å². The van der Waals surface area contributed by atoms with Crippen molar-refractivity contribution in [1.29, 1.82) is 0 Å². The summed E-state index contributed by atoms with van der Waals surface area (Å²) in [6, 6.07) is -0.117. The lowest BCUT2D eigenvalue weighted by molar-refractivity contribution is -0.137. The molecule has 0 N–H and O–H groups in total. The number of aromatic nitrogens is 1. The molecule has 0 bridgehead atoms. The first-order valence-electron chi connectivity index (χ1n) is 8.12. The molecule has 1 unspecified atom stereocenters. The smallest absolute Gasteiger partial charge is 0.307 e. The van der Waals surface area contributed by atoms with Gasteiger partial charge in [0.05, 0.1) is 11.5 Å². The molecule has 1 saturated heterocycles. The Kier molecular flexibility index (Phi) is 4.91. The monoisotopic (exact) mass is 358 g/mol. The Hall–Kier alpha value is -1.15. The molecule has 1 aromatic heterocycles. The van der Waals surface area contributed by atoms with Crippen LogP contribution >= 0.6 is 11.3 Å². The number of thiazole rings is 1. The zero-order valence-corrected chi connectivity index (χ0v) is 14.7. The van der Waals surface area contributed by atoms with Gasteiger partial charge in [-0.3, -0.25) is 14.2 Å². The van der Waals surface area contributed by atoms with Gasteiger partial charge in [-0.2, -0.15) is 0 Å². The van der Waals surface area contributed by atoms with E-state index in [4.69, 9.17) is 0 Å². The van der Waals surface area contributed by atoms with Crippen LogP contribution in [0.1, 0.15) is 38.5 Å². The van der Waals surface area contributed by atoms with Gasteiger partial charge < -0.3 is 4.90 Å². The van der Waals surface area contributed by atoms with E-state index in [0.717, 1.165) is 37.0 Å². The second-order valence-electron chi connectivity index (χ2n) is 6.45. The SMILES string of the molecule is O=C(Cn1ccsc1=O)N(C1CCCCC1)C1CCS(=O)(=O)C1. The summed E-state index contributed by atoms with van der Waals surface area (Å²) in [5.41, 5.74) is 0. The van der Waals surface area contributed by atoms with E-state index in [-0.39, 0.29) is 40.9 Å². The van der Waals surface area contributed by atoms with Gasteiger partial charge in [0.25, 0.3) is 0 Å². The molecule has 1 saturated carbocycles. The molecule has 23 heavy (non-hydrogen) atoms. The van der Waals surface area contributed by atoms with Crippen LogP contribution in [0.5, 0.6) is 0 Å². The molecular formula is C15H22N2O4S2. The van der Waals surface area contributed by atoms with E-state index >= 15 is 0 Å². The number of rotatable bonds is 4. The number of carbonyl (C=O) groups excluding carboxylic acids is 1. The predicted octanol–water partition coefficient (Wildman–Crippen LogP) is 1.26. The maximum Gasteiger partial charge on any atom is 0.307 e. The van der Waals surface area contributed by atoms with Crippen LogP contribution in [0, 0.1) is 0 Å². The largest absolute Gasteiger partial charge is 0.334 e. The van der Waals surface area contributed by atoms with Crippen molar-refractivity contribution in [3.8, 4) is 0 Å². The Morgan fingerprint density at radius 1 is 1.22 bits per heavy atom. The van der Waals surface area contributed by atoms with E-state index in [9.17, 15) is 18.0 Å². The van der Waals surface area contributed by atoms with Crippen molar-refractivity contribution in [2.24, 2.45) is 0 Å². The van der Waals surface area contributed by atoms with E-state index < -0.39 is 9.84 Å². The van der Waals surface area contributed by atoms with Crippen LogP contribution in [-0.4, -0.2) is 47.4 Å². The van der Waals surface area contributed by atoms with E-state index in [0.29, 0.717) is 6.42 Å². The van der Waals surface area contributed by atoms with Gasteiger partial charge in [-0.1, -0.05) is 30.6 Å². The van der Waals surface area contributed by atoms with Crippen LogP contribution in [0.3, 0.4) is 0 Å². The van der Waals surface area contributed by atoms with Gasteiger partial charge >= 0.3 is 4.87 Å². The van der Waals surface area contributed by atoms with Gasteiger partial charge in [0, 0.05) is 23.7 Å². The number of amides is 1. The lowest BCUT2D eigenvalue weighted by Gasteiger charge is -2.38. The van der Waals surface area contributed by atoms with E-state index in [1.54, 1.807) is 16.5 Å². The van der Waals surface area contributed by atoms with Crippen molar-refractivity contribution in [1.82, 2.24) is 9.47 Å². The van der Waals surface area contributed by atoms with Crippen molar-refractivity contribution in [2.45, 2.75) is 57.2 Å². The molecule has 2 fully saturated rings. The molecule has 2 aliphatic rings. The molecule has 1 aliphatic heterocycles. The molecule has 1 amide bonds. The summed E-state index contributed by atoms with van der Waals surface area (Å²) in [7, 11) is -3.04. The molecule has 128 valence electrons. The van der Waals surface area contributed by atoms with Crippen LogP contribution in [0.2, 0.25) is 0 Å². The highest BCUT2D eigenvalue weighted by Crippen LogP contribution is 2.28. The third-order valence-electron chi connectivity index (χ3n) is 4.81. The highest BCUT2D eigenvalue weighted by Gasteiger charge is 2.38. The fraction of sp³-hybridized carbons (Fsp3) is 0.733. The molecule has 2 heterocycles. The van der Waals surface area contributed by atoms with Crippen molar-refractivity contribution >= 4 is 27.1 Å². The lowest BCUT2D eigenvalue weighted by atomic mass is 9.93. The van der Waals surface area contributed by atoms with Crippen LogP contribution in [-0.2, 0) is 21.2 Å². The van der Waals surface area contributed by atoms with Crippen molar-refractivity contribution < 1.29 is 13.2 Å². The summed E-state index contributed by atoms with van der Waals surface area (Å²) in [5, 5.41) is 1.67. The first-order valence-corrected chi connectivity index (χ1v) is 10.8. The Bertz CT molecular complexity index is 716. The number of carbonyl (C=O) groups is 1. The molecule has 0 spiro atoms. The molecule has 0 aromatic carbocycles. The number of sulfone groups is 1. The normalized spacial score (nSPS) is 24.6. The number of hydrogen-bond acceptors (Lipinski definition) is 5. The van der Waals surface area contributed by atoms with Crippen LogP contribution in [0.25, 0.3) is 0 Å². The Balaban J connectivity index is 1.80. The molecule has 8 heteroatoms. The second kappa shape index (κ2) is 6.76. The zero-order valence-electron chi connectivity index (χ0n) is 13.0. The maximum atomic E-state index is 12.8. The quantitative estimate of drug-likeness (QED) is 0.812. The van der Waals surface area contributed by atoms with Gasteiger partial charge in [-0.25, -0.2) is 8.42 Å². The van der Waals surface area contributed by atoms with Crippen molar-refractivity contribution in [3.63, 3.8) is 0 Å². The van der Waals surface area contributed by atoms with Gasteiger partial charge in [-0.05, 0) is 19.3 Å². The van der Waals surface area contributed by atoms with Crippen LogP contribution in [0.4, 0.5) is 0 Å². The molecule has 3 rings (SSSR count). The third kappa shape index (κ3) is 3.85. The fourth-order valence-corrected chi connectivity index (χ4v) is 5.99. The Morgan fingerprint density at radius 3 is 2.52 bits per heavy atom. The Labute approximate surface area is 140 Å². The number of nitrogens with zero attached hydrogens (tertiary/aromatic N) is 2. The van der Waals surface area contributed by atoms with Gasteiger partial charge in [0.2, 0.25) is 5.91 Å². The molecule has 1 aromatic rings. The summed E-state index contributed by atoms with van der Waals surface area (Å²) in [5.74, 6) is 0.0971. The van der Waals surface area contributed by atoms with Crippen LogP contribution in [0.15, 0.2) is 16.4 Å². The average Bonchev–Trinajstić information content (AvgIpc) is 3.07. The highest BCUT2D eigenvalue weighted by molar-refractivity contribution is 7.91. The van der Waals surface area contributed by atoms with Gasteiger partial charge in [0.15, 0.2) is 9.84 Å². The third-order valence-corrected chi connectivity index (χ3v) is 7.25. The second-order valence-corrected chi connectivity index (χ2v) is 9.53. The average molecular weight is 358 g/mol. The zero-order chi connectivity index (χ0) is 16.4. The topological polar surface area (TPSA) is 76.5 Å². The molecule has 1 aliphatic carbocycles. The van der Waals surface area contributed by atoms with E-state index in [2.05, 4.69) is 0 Å². The summed E-state index contributed by atoms with van der Waals surface area (Å²) in [6.07, 6.45) is 7.32.